The van der Waals surface area contributed by atoms with Crippen molar-refractivity contribution < 1.29 is 20.1 Å². The number of hydrogen-bond donors (Lipinski definition) is 3. The monoisotopic (exact) mass is 158 g/mol. The van der Waals surface area contributed by atoms with Crippen molar-refractivity contribution in [1.29, 1.82) is 0 Å². The number of ketones is 1. The largest absolute Gasteiger partial charge is 0.387 e. The van der Waals surface area contributed by atoms with Gasteiger partial charge in [-0.05, 0) is 18.6 Å². The normalized spacial score (nSPS) is 38.7. The van der Waals surface area contributed by atoms with Crippen LogP contribution < -0.4 is 0 Å². The van der Waals surface area contributed by atoms with E-state index in [2.05, 4.69) is 0 Å². The van der Waals surface area contributed by atoms with Gasteiger partial charge in [-0.3, -0.25) is 4.79 Å². The van der Waals surface area contributed by atoms with Crippen molar-refractivity contribution in [3.63, 3.8) is 0 Å². The Morgan fingerprint density at radius 2 is 1.82 bits per heavy atom. The minimum absolute atomic E-state index is 0.382. The van der Waals surface area contributed by atoms with Gasteiger partial charge in [0.1, 0.15) is 18.3 Å². The molecule has 0 bridgehead atoms. The van der Waals surface area contributed by atoms with Crippen LogP contribution in [0.15, 0.2) is 11.6 Å². The fourth-order valence-corrected chi connectivity index (χ4v) is 1.01. The molecule has 0 amide bonds. The standard InChI is InChI=1S/C7H10O4/c1-3-2-4(8)6(10)7(11)5(3)9/h2,5-7,9-11H,1H3. The number of hydrogen-bond acceptors (Lipinski definition) is 4. The van der Waals surface area contributed by atoms with E-state index in [9.17, 15) is 4.79 Å². The van der Waals surface area contributed by atoms with E-state index in [1.165, 1.54) is 6.92 Å². The Bertz CT molecular complexity index is 208. The summed E-state index contributed by atoms with van der Waals surface area (Å²) in [5, 5.41) is 27.1. The van der Waals surface area contributed by atoms with Crippen molar-refractivity contribution in [2.24, 2.45) is 0 Å². The predicted molar refractivity (Wildman–Crippen MR) is 36.8 cm³/mol. The lowest BCUT2D eigenvalue weighted by Gasteiger charge is -2.26. The third kappa shape index (κ3) is 1.33. The predicted octanol–water partition coefficient (Wildman–Crippen LogP) is -1.40. The van der Waals surface area contributed by atoms with Crippen LogP contribution >= 0.6 is 0 Å². The lowest BCUT2D eigenvalue weighted by atomic mass is 9.92. The molecule has 0 saturated carbocycles. The van der Waals surface area contributed by atoms with E-state index in [4.69, 9.17) is 15.3 Å². The van der Waals surface area contributed by atoms with Gasteiger partial charge in [0, 0.05) is 0 Å². The first kappa shape index (κ1) is 8.39. The molecule has 62 valence electrons. The fourth-order valence-electron chi connectivity index (χ4n) is 1.01. The summed E-state index contributed by atoms with van der Waals surface area (Å²) in [5.41, 5.74) is 0.382. The van der Waals surface area contributed by atoms with Crippen LogP contribution in [0.2, 0.25) is 0 Å². The molecule has 1 aliphatic rings. The van der Waals surface area contributed by atoms with E-state index in [0.717, 1.165) is 6.08 Å². The third-order valence-electron chi connectivity index (χ3n) is 1.77. The van der Waals surface area contributed by atoms with Gasteiger partial charge >= 0.3 is 0 Å². The minimum Gasteiger partial charge on any atom is -0.387 e. The van der Waals surface area contributed by atoms with Crippen molar-refractivity contribution in [3.05, 3.63) is 11.6 Å². The average Bonchev–Trinajstić information content (AvgIpc) is 1.97. The molecule has 0 heterocycles. The lowest BCUT2D eigenvalue weighted by Crippen LogP contribution is -2.45. The molecular weight excluding hydrogens is 148 g/mol. The first-order valence-electron chi connectivity index (χ1n) is 3.30. The van der Waals surface area contributed by atoms with E-state index in [1.54, 1.807) is 0 Å². The van der Waals surface area contributed by atoms with Crippen molar-refractivity contribution in [1.82, 2.24) is 0 Å². The van der Waals surface area contributed by atoms with Gasteiger partial charge in [-0.15, -0.1) is 0 Å². The molecular formula is C7H10O4. The summed E-state index contributed by atoms with van der Waals surface area (Å²) in [7, 11) is 0. The molecule has 4 nitrogen and oxygen atoms in total. The molecule has 0 spiro atoms. The number of aliphatic hydroxyl groups is 3. The summed E-state index contributed by atoms with van der Waals surface area (Å²) in [6, 6.07) is 0. The van der Waals surface area contributed by atoms with Gasteiger partial charge in [0.2, 0.25) is 0 Å². The quantitative estimate of drug-likeness (QED) is 0.405. The smallest absolute Gasteiger partial charge is 0.186 e. The molecule has 0 aromatic heterocycles. The second-order valence-corrected chi connectivity index (χ2v) is 2.67. The van der Waals surface area contributed by atoms with Gasteiger partial charge in [-0.25, -0.2) is 0 Å². The zero-order valence-corrected chi connectivity index (χ0v) is 6.06. The number of aliphatic hydroxyl groups excluding tert-OH is 3. The maximum absolute atomic E-state index is 10.8. The van der Waals surface area contributed by atoms with Gasteiger partial charge < -0.3 is 15.3 Å². The molecule has 11 heavy (non-hydrogen) atoms. The van der Waals surface area contributed by atoms with E-state index in [0.29, 0.717) is 5.57 Å². The zero-order chi connectivity index (χ0) is 8.59. The van der Waals surface area contributed by atoms with Crippen LogP contribution in [-0.2, 0) is 4.79 Å². The van der Waals surface area contributed by atoms with Gasteiger partial charge in [0.15, 0.2) is 5.78 Å². The van der Waals surface area contributed by atoms with Crippen molar-refractivity contribution in [2.45, 2.75) is 25.2 Å². The van der Waals surface area contributed by atoms with Gasteiger partial charge in [0.05, 0.1) is 0 Å². The van der Waals surface area contributed by atoms with E-state index >= 15 is 0 Å². The maximum atomic E-state index is 10.8. The Balaban J connectivity index is 2.92. The molecule has 0 radical (unpaired) electrons. The van der Waals surface area contributed by atoms with Crippen LogP contribution in [0.1, 0.15) is 6.92 Å². The van der Waals surface area contributed by atoms with Crippen LogP contribution in [0.5, 0.6) is 0 Å². The third-order valence-corrected chi connectivity index (χ3v) is 1.77. The molecule has 3 unspecified atom stereocenters. The SMILES string of the molecule is CC1=CC(=O)C(O)C(O)C1O. The average molecular weight is 158 g/mol. The minimum atomic E-state index is -1.48. The first-order chi connectivity index (χ1) is 5.04. The second-order valence-electron chi connectivity index (χ2n) is 2.67. The summed E-state index contributed by atoms with van der Waals surface area (Å²) in [4.78, 5) is 10.8. The van der Waals surface area contributed by atoms with E-state index in [-0.39, 0.29) is 0 Å². The summed E-state index contributed by atoms with van der Waals surface area (Å²) in [6.45, 7) is 1.53. The van der Waals surface area contributed by atoms with E-state index < -0.39 is 24.1 Å². The number of carbonyl (C=O) groups excluding carboxylic acids is 1. The molecule has 3 N–H and O–H groups in total. The Hall–Kier alpha value is -0.710. The highest BCUT2D eigenvalue weighted by molar-refractivity contribution is 5.95. The van der Waals surface area contributed by atoms with Crippen molar-refractivity contribution in [2.75, 3.05) is 0 Å². The molecule has 0 saturated heterocycles. The molecule has 0 aliphatic heterocycles. The zero-order valence-electron chi connectivity index (χ0n) is 6.06. The molecule has 0 aromatic rings. The topological polar surface area (TPSA) is 77.8 Å². The van der Waals surface area contributed by atoms with Crippen LogP contribution in [0.4, 0.5) is 0 Å². The summed E-state index contributed by atoms with van der Waals surface area (Å²) >= 11 is 0. The molecule has 0 aromatic carbocycles. The lowest BCUT2D eigenvalue weighted by molar-refractivity contribution is -0.134. The molecule has 3 atom stereocenters. The fraction of sp³-hybridized carbons (Fsp3) is 0.571. The molecule has 4 heteroatoms. The van der Waals surface area contributed by atoms with Crippen LogP contribution in [0, 0.1) is 0 Å². The van der Waals surface area contributed by atoms with Crippen LogP contribution in [-0.4, -0.2) is 39.4 Å². The Morgan fingerprint density at radius 1 is 1.27 bits per heavy atom. The molecule has 0 fully saturated rings. The van der Waals surface area contributed by atoms with Crippen LogP contribution in [0.25, 0.3) is 0 Å². The summed E-state index contributed by atoms with van der Waals surface area (Å²) in [5.74, 6) is -0.555. The second kappa shape index (κ2) is 2.73. The van der Waals surface area contributed by atoms with Crippen LogP contribution in [0.3, 0.4) is 0 Å². The first-order valence-corrected chi connectivity index (χ1v) is 3.30. The molecule has 1 rings (SSSR count). The Labute approximate surface area is 63.8 Å². The van der Waals surface area contributed by atoms with Gasteiger partial charge in [-0.1, -0.05) is 0 Å². The maximum Gasteiger partial charge on any atom is 0.186 e. The molecule has 1 aliphatic carbocycles. The van der Waals surface area contributed by atoms with Crippen molar-refractivity contribution in [3.8, 4) is 0 Å². The highest BCUT2D eigenvalue weighted by Crippen LogP contribution is 2.16. The highest BCUT2D eigenvalue weighted by atomic mass is 16.4. The highest BCUT2D eigenvalue weighted by Gasteiger charge is 2.34. The van der Waals surface area contributed by atoms with Crippen molar-refractivity contribution >= 4 is 5.78 Å². The van der Waals surface area contributed by atoms with Gasteiger partial charge in [0.25, 0.3) is 0 Å². The summed E-state index contributed by atoms with van der Waals surface area (Å²) in [6.07, 6.45) is -2.84. The summed E-state index contributed by atoms with van der Waals surface area (Å²) < 4.78 is 0. The van der Waals surface area contributed by atoms with Gasteiger partial charge in [-0.2, -0.15) is 0 Å². The number of rotatable bonds is 0. The van der Waals surface area contributed by atoms with E-state index in [1.807, 2.05) is 0 Å². The number of carbonyl (C=O) groups is 1. The Kier molecular flexibility index (Phi) is 2.08. The Morgan fingerprint density at radius 3 is 2.36 bits per heavy atom.